The van der Waals surface area contributed by atoms with Gasteiger partial charge in [0.25, 0.3) is 0 Å². The van der Waals surface area contributed by atoms with Crippen LogP contribution in [0, 0.1) is 11.6 Å². The summed E-state index contributed by atoms with van der Waals surface area (Å²) in [6.07, 6.45) is -0.554. The normalized spacial score (nSPS) is 13.7. The fraction of sp³-hybridized carbons (Fsp3) is 0.586. The smallest absolute Gasteiger partial charge is 0.192 e. The first-order valence-corrected chi connectivity index (χ1v) is 21.5. The van der Waals surface area contributed by atoms with Crippen molar-refractivity contribution in [1.29, 1.82) is 0 Å². The van der Waals surface area contributed by atoms with Crippen molar-refractivity contribution in [3.05, 3.63) is 71.3 Å². The molecule has 0 aliphatic carbocycles. The summed E-state index contributed by atoms with van der Waals surface area (Å²) in [6, 6.07) is 12.4. The van der Waals surface area contributed by atoms with Gasteiger partial charge in [-0.25, -0.2) is 8.78 Å². The Kier molecular flexibility index (Phi) is 17.9. The van der Waals surface area contributed by atoms with Crippen LogP contribution in [0.4, 0.5) is 8.78 Å². The molecule has 2 nitrogen and oxygen atoms in total. The minimum absolute atomic E-state index is 0. The van der Waals surface area contributed by atoms with Crippen LogP contribution in [-0.2, 0) is 4.43 Å². The molecule has 0 aromatic heterocycles. The van der Waals surface area contributed by atoms with E-state index >= 15 is 0 Å². The average molecular weight is 719 g/mol. The van der Waals surface area contributed by atoms with Crippen LogP contribution >= 0.6 is 42.9 Å². The molecule has 2 aromatic carbocycles. The number of benzene rings is 2. The molecule has 0 spiro atoms. The molecule has 0 bridgehead atoms. The Labute approximate surface area is 255 Å². The van der Waals surface area contributed by atoms with Crippen molar-refractivity contribution in [2.24, 2.45) is 0 Å². The second kappa shape index (κ2) is 17.0. The molecule has 0 aliphatic rings. The first-order chi connectivity index (χ1) is 16.7. The molecule has 0 heterocycles. The minimum Gasteiger partial charge on any atom is -0.409 e. The van der Waals surface area contributed by atoms with Crippen LogP contribution in [0.15, 0.2) is 48.5 Å². The highest BCUT2D eigenvalue weighted by atomic mass is 79.9. The van der Waals surface area contributed by atoms with Crippen LogP contribution in [-0.4, -0.2) is 31.5 Å². The van der Waals surface area contributed by atoms with Crippen LogP contribution in [0.3, 0.4) is 0 Å². The Morgan fingerprint density at radius 3 is 1.37 bits per heavy atom. The van der Waals surface area contributed by atoms with Crippen molar-refractivity contribution in [3.63, 3.8) is 0 Å². The summed E-state index contributed by atoms with van der Waals surface area (Å²) in [5.74, 6) is -0.491. The molecule has 0 unspecified atom stereocenters. The van der Waals surface area contributed by atoms with Gasteiger partial charge in [0.15, 0.2) is 15.7 Å². The van der Waals surface area contributed by atoms with Gasteiger partial charge in [-0.3, -0.25) is 0 Å². The highest BCUT2D eigenvalue weighted by Crippen LogP contribution is 2.40. The Morgan fingerprint density at radius 2 is 1.11 bits per heavy atom. The fourth-order valence-corrected chi connectivity index (χ4v) is 4.58. The summed E-state index contributed by atoms with van der Waals surface area (Å²) in [5.41, 5.74) is 1.75. The van der Waals surface area contributed by atoms with E-state index in [-0.39, 0.29) is 30.2 Å². The largest absolute Gasteiger partial charge is 0.409 e. The van der Waals surface area contributed by atoms with Gasteiger partial charge in [-0.2, -0.15) is 11.1 Å². The van der Waals surface area contributed by atoms with E-state index in [1.54, 1.807) is 24.3 Å². The Bertz CT molecular complexity index is 897. The van der Waals surface area contributed by atoms with Gasteiger partial charge in [-0.05, 0) is 58.6 Å². The van der Waals surface area contributed by atoms with Crippen molar-refractivity contribution in [2.75, 3.05) is 10.7 Å². The first-order valence-electron chi connectivity index (χ1n) is 12.3. The highest BCUT2D eigenvalue weighted by molar-refractivity contribution is 9.09. The van der Waals surface area contributed by atoms with Gasteiger partial charge in [0, 0.05) is 10.7 Å². The molecule has 0 fully saturated rings. The molecule has 9 heteroatoms. The van der Waals surface area contributed by atoms with Gasteiger partial charge < -0.3 is 9.53 Å². The van der Waals surface area contributed by atoms with Crippen molar-refractivity contribution in [1.82, 2.24) is 0 Å². The highest BCUT2D eigenvalue weighted by Gasteiger charge is 2.39. The maximum absolute atomic E-state index is 12.9. The van der Waals surface area contributed by atoms with Gasteiger partial charge >= 0.3 is 0 Å². The van der Waals surface area contributed by atoms with Crippen LogP contribution < -0.4 is 0 Å². The monoisotopic (exact) mass is 716 g/mol. The Balaban J connectivity index is 0. The molecule has 0 saturated carbocycles. The summed E-state index contributed by atoms with van der Waals surface area (Å²) in [5, 5.41) is 11.0. The number of hydrogen-bond donors (Lipinski definition) is 1. The van der Waals surface area contributed by atoms with E-state index in [9.17, 15) is 13.9 Å². The summed E-state index contributed by atoms with van der Waals surface area (Å²) in [7, 11) is -3.20. The molecule has 2 rings (SSSR count). The molecule has 2 aromatic rings. The van der Waals surface area contributed by atoms with Gasteiger partial charge in [-0.15, -0.1) is 0 Å². The van der Waals surface area contributed by atoms with E-state index in [0.717, 1.165) is 16.5 Å². The third kappa shape index (κ3) is 14.5. The van der Waals surface area contributed by atoms with Crippen molar-refractivity contribution < 1.29 is 18.3 Å². The fourth-order valence-electron chi connectivity index (χ4n) is 2.17. The zero-order chi connectivity index (χ0) is 29.2. The predicted octanol–water partition coefficient (Wildman–Crippen LogP) is 11.4. The molecular weight excluding hydrogens is 670 g/mol. The van der Waals surface area contributed by atoms with Gasteiger partial charge in [-0.1, -0.05) is 118 Å². The van der Waals surface area contributed by atoms with E-state index in [4.69, 9.17) is 15.5 Å². The molecule has 0 aliphatic heterocycles. The lowest BCUT2D eigenvalue weighted by Crippen LogP contribution is -2.42. The van der Waals surface area contributed by atoms with E-state index in [2.05, 4.69) is 99.6 Å². The van der Waals surface area contributed by atoms with Crippen LogP contribution in [0.2, 0.25) is 36.3 Å². The van der Waals surface area contributed by atoms with Crippen LogP contribution in [0.5, 0.6) is 0 Å². The van der Waals surface area contributed by atoms with Crippen molar-refractivity contribution >= 4 is 58.6 Å². The quantitative estimate of drug-likeness (QED) is 0.183. The predicted molar refractivity (Wildman–Crippen MR) is 176 cm³/mol. The van der Waals surface area contributed by atoms with Crippen molar-refractivity contribution in [2.45, 2.75) is 97.4 Å². The lowest BCUT2D eigenvalue weighted by Gasteiger charge is -2.39. The standard InChI is InChI=1S/C14H22BrFOSi.C8H8BrFO.C6H15ClSi.CH4/c1-14(2,3)18(4,5)17-13(10-15)11-6-8-12(16)9-7-11;9-5-8(11)6-1-3-7(10)4-2-6;1-6(2,3)8(4,5)7;/h6-9,13H,10H2,1-5H3;1-4,8,11H,5H2;1-5H3;1H4/t13-;8-;;/m00../s1. The molecule has 0 amide bonds. The number of hydrogen-bond acceptors (Lipinski definition) is 2. The zero-order valence-corrected chi connectivity index (χ0v) is 29.9. The van der Waals surface area contributed by atoms with Gasteiger partial charge in [0.05, 0.1) is 12.2 Å². The van der Waals surface area contributed by atoms with Crippen LogP contribution in [0.1, 0.15) is 72.3 Å². The minimum atomic E-state index is -1.81. The molecule has 220 valence electrons. The zero-order valence-electron chi connectivity index (χ0n) is 23.9. The average Bonchev–Trinajstić information content (AvgIpc) is 2.77. The molecule has 0 saturated heterocycles. The molecule has 1 N–H and O–H groups in total. The topological polar surface area (TPSA) is 29.5 Å². The van der Waals surface area contributed by atoms with Crippen molar-refractivity contribution in [3.8, 4) is 0 Å². The SMILES string of the molecule is C.CC(C)(C)[Si](C)(C)Cl.CC(C)(C)[Si](C)(C)O[C@@H](CBr)c1ccc(F)cc1.O[C@@H](CBr)c1ccc(F)cc1. The lowest BCUT2D eigenvalue weighted by molar-refractivity contribution is 0.205. The Hall–Kier alpha value is -0.0962. The summed E-state index contributed by atoms with van der Waals surface area (Å²) in [6.45, 7) is 22.1. The molecular formula is C29H49Br2ClF2O2Si2. The number of rotatable bonds is 6. The van der Waals surface area contributed by atoms with Crippen LogP contribution in [0.25, 0.3) is 0 Å². The third-order valence-electron chi connectivity index (χ3n) is 6.81. The number of aliphatic hydroxyl groups excluding tert-OH is 1. The van der Waals surface area contributed by atoms with E-state index in [0.29, 0.717) is 10.4 Å². The number of halogens is 5. The summed E-state index contributed by atoms with van der Waals surface area (Å²) >= 11 is 12.8. The number of aliphatic hydroxyl groups is 1. The maximum Gasteiger partial charge on any atom is 0.192 e. The molecule has 2 atom stereocenters. The first kappa shape index (κ1) is 40.0. The maximum atomic E-state index is 12.9. The Morgan fingerprint density at radius 1 is 0.763 bits per heavy atom. The molecule has 38 heavy (non-hydrogen) atoms. The lowest BCUT2D eigenvalue weighted by atomic mass is 10.1. The van der Waals surface area contributed by atoms with Gasteiger partial charge in [0.1, 0.15) is 11.6 Å². The molecule has 0 radical (unpaired) electrons. The summed E-state index contributed by atoms with van der Waals surface area (Å²) < 4.78 is 31.6. The second-order valence-electron chi connectivity index (χ2n) is 12.0. The number of alkyl halides is 2. The third-order valence-corrected chi connectivity index (χ3v) is 17.8. The summed E-state index contributed by atoms with van der Waals surface area (Å²) in [4.78, 5) is 0. The van der Waals surface area contributed by atoms with E-state index in [1.165, 1.54) is 24.3 Å². The van der Waals surface area contributed by atoms with E-state index < -0.39 is 21.8 Å². The van der Waals surface area contributed by atoms with E-state index in [1.807, 2.05) is 0 Å². The van der Waals surface area contributed by atoms with Gasteiger partial charge in [0.2, 0.25) is 0 Å². The second-order valence-corrected chi connectivity index (χ2v) is 25.3.